The standard InChI is InChI=1S/C22H24N4O3S/c27-22(23-13-3-14-25-17-24-20-5-1-2-6-21(20)25)12-9-18-7-10-19(11-8-18)26-15-4-16-30(26,28)29/h1-2,5-12,17H,3-4,13-16H2,(H,23,27)/b12-9+. The van der Waals surface area contributed by atoms with E-state index in [4.69, 9.17) is 0 Å². The normalized spacial score (nSPS) is 15.8. The number of aromatic nitrogens is 2. The van der Waals surface area contributed by atoms with E-state index in [1.54, 1.807) is 18.2 Å². The molecule has 1 aliphatic rings. The van der Waals surface area contributed by atoms with Crippen LogP contribution in [0.3, 0.4) is 0 Å². The van der Waals surface area contributed by atoms with Crippen LogP contribution in [-0.4, -0.2) is 42.7 Å². The number of para-hydroxylation sites is 2. The fraction of sp³-hybridized carbons (Fsp3) is 0.273. The minimum absolute atomic E-state index is 0.156. The summed E-state index contributed by atoms with van der Waals surface area (Å²) in [4.78, 5) is 16.4. The summed E-state index contributed by atoms with van der Waals surface area (Å²) in [6, 6.07) is 15.2. The van der Waals surface area contributed by atoms with E-state index in [-0.39, 0.29) is 11.7 Å². The predicted octanol–water partition coefficient (Wildman–Crippen LogP) is 2.80. The molecule has 1 N–H and O–H groups in total. The number of benzene rings is 2. The smallest absolute Gasteiger partial charge is 0.244 e. The van der Waals surface area contributed by atoms with Crippen molar-refractivity contribution in [1.82, 2.24) is 14.9 Å². The molecule has 156 valence electrons. The van der Waals surface area contributed by atoms with Crippen molar-refractivity contribution >= 4 is 38.7 Å². The zero-order chi connectivity index (χ0) is 21.0. The van der Waals surface area contributed by atoms with Gasteiger partial charge in [-0.1, -0.05) is 24.3 Å². The lowest BCUT2D eigenvalue weighted by molar-refractivity contribution is -0.116. The first kappa shape index (κ1) is 20.2. The number of nitrogens with zero attached hydrogens (tertiary/aromatic N) is 3. The van der Waals surface area contributed by atoms with Crippen molar-refractivity contribution in [2.75, 3.05) is 23.1 Å². The molecule has 0 bridgehead atoms. The Balaban J connectivity index is 1.25. The molecular weight excluding hydrogens is 400 g/mol. The number of rotatable bonds is 7. The lowest BCUT2D eigenvalue weighted by Gasteiger charge is -2.16. The number of carbonyl (C=O) groups is 1. The third kappa shape index (κ3) is 4.54. The van der Waals surface area contributed by atoms with Crippen molar-refractivity contribution in [3.8, 4) is 0 Å². The van der Waals surface area contributed by atoms with Crippen LogP contribution in [0, 0.1) is 0 Å². The second-order valence-corrected chi connectivity index (χ2v) is 9.25. The molecule has 2 heterocycles. The van der Waals surface area contributed by atoms with E-state index in [0.717, 1.165) is 29.6 Å². The van der Waals surface area contributed by atoms with Gasteiger partial charge in [0.1, 0.15) is 0 Å². The molecule has 2 aromatic carbocycles. The van der Waals surface area contributed by atoms with E-state index < -0.39 is 10.0 Å². The number of hydrogen-bond acceptors (Lipinski definition) is 4. The average molecular weight is 425 g/mol. The van der Waals surface area contributed by atoms with Gasteiger partial charge >= 0.3 is 0 Å². The van der Waals surface area contributed by atoms with Gasteiger partial charge in [0.25, 0.3) is 0 Å². The molecule has 0 aliphatic carbocycles. The van der Waals surface area contributed by atoms with Gasteiger partial charge in [-0.15, -0.1) is 0 Å². The molecule has 0 radical (unpaired) electrons. The lowest BCUT2D eigenvalue weighted by Crippen LogP contribution is -2.24. The monoisotopic (exact) mass is 424 g/mol. The van der Waals surface area contributed by atoms with Crippen molar-refractivity contribution in [2.45, 2.75) is 19.4 Å². The van der Waals surface area contributed by atoms with Crippen molar-refractivity contribution in [1.29, 1.82) is 0 Å². The third-order valence-electron chi connectivity index (χ3n) is 5.11. The Morgan fingerprint density at radius 3 is 2.70 bits per heavy atom. The quantitative estimate of drug-likeness (QED) is 0.467. The summed E-state index contributed by atoms with van der Waals surface area (Å²) < 4.78 is 27.5. The zero-order valence-corrected chi connectivity index (χ0v) is 17.4. The molecule has 4 rings (SSSR count). The summed E-state index contributed by atoms with van der Waals surface area (Å²) in [6.45, 7) is 1.88. The molecule has 1 amide bonds. The van der Waals surface area contributed by atoms with E-state index in [9.17, 15) is 13.2 Å². The van der Waals surface area contributed by atoms with E-state index in [0.29, 0.717) is 25.2 Å². The van der Waals surface area contributed by atoms with Crippen LogP contribution in [0.4, 0.5) is 5.69 Å². The number of sulfonamides is 1. The third-order valence-corrected chi connectivity index (χ3v) is 6.98. The molecule has 0 unspecified atom stereocenters. The highest BCUT2D eigenvalue weighted by molar-refractivity contribution is 7.93. The number of aryl methyl sites for hydroxylation is 1. The molecule has 1 aliphatic heterocycles. The molecule has 8 heteroatoms. The Hall–Kier alpha value is -3.13. The van der Waals surface area contributed by atoms with Crippen molar-refractivity contribution in [3.05, 3.63) is 66.5 Å². The van der Waals surface area contributed by atoms with Gasteiger partial charge in [0.05, 0.1) is 28.8 Å². The minimum atomic E-state index is -3.17. The average Bonchev–Trinajstić information content (AvgIpc) is 3.32. The van der Waals surface area contributed by atoms with Gasteiger partial charge in [-0.25, -0.2) is 13.4 Å². The maximum Gasteiger partial charge on any atom is 0.244 e. The molecule has 1 aromatic heterocycles. The van der Waals surface area contributed by atoms with E-state index in [2.05, 4.69) is 14.9 Å². The molecular formula is C22H24N4O3S. The first-order valence-corrected chi connectivity index (χ1v) is 11.6. The highest BCUT2D eigenvalue weighted by Crippen LogP contribution is 2.24. The topological polar surface area (TPSA) is 84.3 Å². The lowest BCUT2D eigenvalue weighted by atomic mass is 10.2. The molecule has 7 nitrogen and oxygen atoms in total. The largest absolute Gasteiger partial charge is 0.352 e. The van der Waals surface area contributed by atoms with E-state index in [1.807, 2.05) is 42.7 Å². The van der Waals surface area contributed by atoms with E-state index in [1.165, 1.54) is 10.4 Å². The van der Waals surface area contributed by atoms with Crippen LogP contribution >= 0.6 is 0 Å². The SMILES string of the molecule is O=C(/C=C/c1ccc(N2CCCS2(=O)=O)cc1)NCCCn1cnc2ccccc21. The number of hydrogen-bond donors (Lipinski definition) is 1. The number of fused-ring (bicyclic) bond motifs is 1. The van der Waals surface area contributed by atoms with Crippen LogP contribution in [0.2, 0.25) is 0 Å². The van der Waals surface area contributed by atoms with Crippen molar-refractivity contribution in [2.24, 2.45) is 0 Å². The number of amides is 1. The summed E-state index contributed by atoms with van der Waals surface area (Å²) in [5, 5.41) is 2.88. The van der Waals surface area contributed by atoms with Crippen LogP contribution in [0.5, 0.6) is 0 Å². The Labute approximate surface area is 176 Å². The molecule has 0 saturated carbocycles. The fourth-order valence-electron chi connectivity index (χ4n) is 3.56. The Kier molecular flexibility index (Phi) is 5.85. The van der Waals surface area contributed by atoms with Crippen molar-refractivity contribution in [3.63, 3.8) is 0 Å². The summed E-state index contributed by atoms with van der Waals surface area (Å²) >= 11 is 0. The first-order chi connectivity index (χ1) is 14.5. The summed E-state index contributed by atoms with van der Waals surface area (Å²) in [5.41, 5.74) is 3.57. The van der Waals surface area contributed by atoms with Crippen LogP contribution < -0.4 is 9.62 Å². The molecule has 0 atom stereocenters. The van der Waals surface area contributed by atoms with Crippen molar-refractivity contribution < 1.29 is 13.2 Å². The summed E-state index contributed by atoms with van der Waals surface area (Å²) in [6.07, 6.45) is 6.50. The fourth-order valence-corrected chi connectivity index (χ4v) is 5.13. The van der Waals surface area contributed by atoms with Gasteiger partial charge in [-0.05, 0) is 48.7 Å². The Morgan fingerprint density at radius 1 is 1.13 bits per heavy atom. The van der Waals surface area contributed by atoms with Gasteiger partial charge in [0.2, 0.25) is 15.9 Å². The van der Waals surface area contributed by atoms with Crippen LogP contribution in [0.1, 0.15) is 18.4 Å². The minimum Gasteiger partial charge on any atom is -0.352 e. The highest BCUT2D eigenvalue weighted by Gasteiger charge is 2.28. The van der Waals surface area contributed by atoms with Gasteiger partial charge in [0.15, 0.2) is 0 Å². The van der Waals surface area contributed by atoms with Crippen LogP contribution in [-0.2, 0) is 21.4 Å². The molecule has 1 fully saturated rings. The number of nitrogens with one attached hydrogen (secondary N) is 1. The Bertz CT molecular complexity index is 1170. The molecule has 1 saturated heterocycles. The second-order valence-electron chi connectivity index (χ2n) is 7.24. The second kappa shape index (κ2) is 8.71. The van der Waals surface area contributed by atoms with E-state index >= 15 is 0 Å². The number of anilines is 1. The Morgan fingerprint density at radius 2 is 1.93 bits per heavy atom. The number of imidazole rings is 1. The summed E-state index contributed by atoms with van der Waals surface area (Å²) in [7, 11) is -3.17. The predicted molar refractivity (Wildman–Crippen MR) is 119 cm³/mol. The number of carbonyl (C=O) groups excluding carboxylic acids is 1. The maximum absolute atomic E-state index is 12.0. The molecule has 0 spiro atoms. The van der Waals surface area contributed by atoms with Gasteiger partial charge in [0, 0.05) is 25.7 Å². The van der Waals surface area contributed by atoms with Gasteiger partial charge in [-0.2, -0.15) is 0 Å². The maximum atomic E-state index is 12.0. The van der Waals surface area contributed by atoms with Gasteiger partial charge in [-0.3, -0.25) is 9.10 Å². The highest BCUT2D eigenvalue weighted by atomic mass is 32.2. The van der Waals surface area contributed by atoms with Crippen LogP contribution in [0.15, 0.2) is 60.9 Å². The first-order valence-electron chi connectivity index (χ1n) is 9.99. The van der Waals surface area contributed by atoms with Gasteiger partial charge < -0.3 is 9.88 Å². The summed E-state index contributed by atoms with van der Waals surface area (Å²) in [5.74, 6) is 0.0444. The molecule has 30 heavy (non-hydrogen) atoms. The zero-order valence-electron chi connectivity index (χ0n) is 16.6. The van der Waals surface area contributed by atoms with Crippen LogP contribution in [0.25, 0.3) is 17.1 Å². The molecule has 3 aromatic rings.